The van der Waals surface area contributed by atoms with Gasteiger partial charge in [0.2, 0.25) is 0 Å². The molecule has 3 N–H and O–H groups in total. The lowest BCUT2D eigenvalue weighted by Gasteiger charge is -2.06. The van der Waals surface area contributed by atoms with Crippen molar-refractivity contribution in [2.75, 3.05) is 18.4 Å². The van der Waals surface area contributed by atoms with E-state index in [1.807, 2.05) is 26.1 Å². The lowest BCUT2D eigenvalue weighted by atomic mass is 10.1. The number of anilines is 1. The number of amides is 1. The van der Waals surface area contributed by atoms with Gasteiger partial charge in [0, 0.05) is 18.8 Å². The van der Waals surface area contributed by atoms with Crippen LogP contribution < -0.4 is 10.6 Å². The van der Waals surface area contributed by atoms with Crippen LogP contribution in [-0.2, 0) is 6.42 Å². The highest BCUT2D eigenvalue weighted by molar-refractivity contribution is 5.92. The summed E-state index contributed by atoms with van der Waals surface area (Å²) in [6.07, 6.45) is 5.28. The Kier molecular flexibility index (Phi) is 5.31. The van der Waals surface area contributed by atoms with Crippen LogP contribution in [0.25, 0.3) is 0 Å². The van der Waals surface area contributed by atoms with E-state index in [9.17, 15) is 4.79 Å². The molecule has 0 saturated heterocycles. The maximum absolute atomic E-state index is 11.9. The van der Waals surface area contributed by atoms with Crippen LogP contribution in [0.4, 0.5) is 5.69 Å². The first-order valence-electron chi connectivity index (χ1n) is 7.17. The number of hydrogen-bond acceptors (Lipinski definition) is 4. The van der Waals surface area contributed by atoms with Gasteiger partial charge >= 0.3 is 0 Å². The van der Waals surface area contributed by atoms with E-state index in [1.165, 1.54) is 5.56 Å². The van der Waals surface area contributed by atoms with Crippen LogP contribution in [0.2, 0.25) is 0 Å². The van der Waals surface area contributed by atoms with Crippen LogP contribution in [-0.4, -0.2) is 34.2 Å². The number of carbonyl (C=O) groups is 1. The number of nitrogens with zero attached hydrogens (tertiary/aromatic N) is 2. The van der Waals surface area contributed by atoms with Gasteiger partial charge in [-0.15, -0.1) is 0 Å². The van der Waals surface area contributed by atoms with Crippen molar-refractivity contribution in [2.45, 2.75) is 26.7 Å². The van der Waals surface area contributed by atoms with Crippen LogP contribution >= 0.6 is 0 Å². The summed E-state index contributed by atoms with van der Waals surface area (Å²) in [4.78, 5) is 16.1. The first-order chi connectivity index (χ1) is 10.2. The Morgan fingerprint density at radius 3 is 2.81 bits per heavy atom. The van der Waals surface area contributed by atoms with Gasteiger partial charge in [-0.3, -0.25) is 9.89 Å². The molecule has 0 bridgehead atoms. The third-order valence-electron chi connectivity index (χ3n) is 3.22. The first kappa shape index (κ1) is 15.0. The highest BCUT2D eigenvalue weighted by Gasteiger charge is 2.06. The van der Waals surface area contributed by atoms with Gasteiger partial charge in [-0.1, -0.05) is 0 Å². The van der Waals surface area contributed by atoms with Crippen molar-refractivity contribution < 1.29 is 4.79 Å². The maximum atomic E-state index is 11.9. The Bertz CT molecular complexity index is 576. The second-order valence-electron chi connectivity index (χ2n) is 4.84. The highest BCUT2D eigenvalue weighted by Crippen LogP contribution is 2.07. The molecule has 2 heterocycles. The fourth-order valence-electron chi connectivity index (χ4n) is 2.04. The van der Waals surface area contributed by atoms with Crippen LogP contribution in [0.15, 0.2) is 24.5 Å². The smallest absolute Gasteiger partial charge is 0.269 e. The highest BCUT2D eigenvalue weighted by atomic mass is 16.1. The Morgan fingerprint density at radius 1 is 1.33 bits per heavy atom. The van der Waals surface area contributed by atoms with Gasteiger partial charge in [-0.2, -0.15) is 5.10 Å². The summed E-state index contributed by atoms with van der Waals surface area (Å²) in [5.74, 6) is -0.137. The lowest BCUT2D eigenvalue weighted by molar-refractivity contribution is 0.0948. The van der Waals surface area contributed by atoms with Gasteiger partial charge in [0.05, 0.1) is 18.1 Å². The number of aromatic nitrogens is 3. The van der Waals surface area contributed by atoms with E-state index in [4.69, 9.17) is 0 Å². The Morgan fingerprint density at radius 2 is 2.19 bits per heavy atom. The van der Waals surface area contributed by atoms with E-state index in [0.29, 0.717) is 12.2 Å². The zero-order valence-electron chi connectivity index (χ0n) is 12.4. The molecule has 1 amide bonds. The Hall–Kier alpha value is -2.37. The molecular formula is C15H21N5O. The quantitative estimate of drug-likeness (QED) is 0.679. The maximum Gasteiger partial charge on any atom is 0.269 e. The normalized spacial score (nSPS) is 10.4. The molecule has 0 aliphatic carbocycles. The van der Waals surface area contributed by atoms with Gasteiger partial charge in [-0.05, 0) is 44.4 Å². The largest absolute Gasteiger partial charge is 0.384 e. The van der Waals surface area contributed by atoms with Crippen molar-refractivity contribution in [2.24, 2.45) is 0 Å². The molecule has 0 saturated carbocycles. The number of nitrogens with one attached hydrogen (secondary N) is 3. The summed E-state index contributed by atoms with van der Waals surface area (Å²) in [7, 11) is 0. The zero-order valence-corrected chi connectivity index (χ0v) is 12.4. The molecule has 0 aliphatic rings. The van der Waals surface area contributed by atoms with E-state index in [-0.39, 0.29) is 5.91 Å². The number of aryl methyl sites for hydroxylation is 2. The van der Waals surface area contributed by atoms with E-state index in [1.54, 1.807) is 12.3 Å². The molecular weight excluding hydrogens is 266 g/mol. The topological polar surface area (TPSA) is 82.7 Å². The molecule has 0 fully saturated rings. The third kappa shape index (κ3) is 4.30. The number of aromatic amines is 1. The van der Waals surface area contributed by atoms with Crippen molar-refractivity contribution in [3.63, 3.8) is 0 Å². The predicted octanol–water partition coefficient (Wildman–Crippen LogP) is 1.91. The number of H-pyrrole nitrogens is 1. The SMILES string of the molecule is CCNc1ccc(C(=O)NCCCc2cn[nH]c2C)nc1. The fraction of sp³-hybridized carbons (Fsp3) is 0.400. The molecule has 2 rings (SSSR count). The summed E-state index contributed by atoms with van der Waals surface area (Å²) in [5, 5.41) is 12.9. The van der Waals surface area contributed by atoms with Crippen molar-refractivity contribution in [3.8, 4) is 0 Å². The van der Waals surface area contributed by atoms with Gasteiger partial charge in [0.15, 0.2) is 0 Å². The molecule has 0 aromatic carbocycles. The van der Waals surface area contributed by atoms with Crippen molar-refractivity contribution in [1.82, 2.24) is 20.5 Å². The minimum Gasteiger partial charge on any atom is -0.384 e. The zero-order chi connectivity index (χ0) is 15.1. The van der Waals surface area contributed by atoms with Gasteiger partial charge in [-0.25, -0.2) is 4.98 Å². The summed E-state index contributed by atoms with van der Waals surface area (Å²) in [6, 6.07) is 3.59. The van der Waals surface area contributed by atoms with Gasteiger partial charge in [0.1, 0.15) is 5.69 Å². The summed E-state index contributed by atoms with van der Waals surface area (Å²) in [5.41, 5.74) is 3.64. The molecule has 6 heteroatoms. The first-order valence-corrected chi connectivity index (χ1v) is 7.17. The number of hydrogen-bond donors (Lipinski definition) is 3. The van der Waals surface area contributed by atoms with Crippen molar-refractivity contribution in [1.29, 1.82) is 0 Å². The standard InChI is InChI=1S/C15H21N5O/c1-3-16-13-6-7-14(18-10-13)15(21)17-8-4-5-12-9-19-20-11(12)2/h6-7,9-10,16H,3-5,8H2,1-2H3,(H,17,21)(H,19,20). The summed E-state index contributed by atoms with van der Waals surface area (Å²) in [6.45, 7) is 5.47. The Labute approximate surface area is 124 Å². The minimum absolute atomic E-state index is 0.137. The Balaban J connectivity index is 1.75. The molecule has 0 unspecified atom stereocenters. The number of pyridine rings is 1. The predicted molar refractivity (Wildman–Crippen MR) is 82.4 cm³/mol. The molecule has 0 radical (unpaired) electrons. The van der Waals surface area contributed by atoms with Gasteiger partial charge < -0.3 is 10.6 Å². The van der Waals surface area contributed by atoms with Crippen LogP contribution in [0.5, 0.6) is 0 Å². The average molecular weight is 287 g/mol. The van der Waals surface area contributed by atoms with Crippen molar-refractivity contribution in [3.05, 3.63) is 41.5 Å². The van der Waals surface area contributed by atoms with Gasteiger partial charge in [0.25, 0.3) is 5.91 Å². The molecule has 21 heavy (non-hydrogen) atoms. The van der Waals surface area contributed by atoms with Crippen LogP contribution in [0, 0.1) is 6.92 Å². The lowest BCUT2D eigenvalue weighted by Crippen LogP contribution is -2.25. The van der Waals surface area contributed by atoms with Crippen molar-refractivity contribution >= 4 is 11.6 Å². The fourth-order valence-corrected chi connectivity index (χ4v) is 2.04. The summed E-state index contributed by atoms with van der Waals surface area (Å²) >= 11 is 0. The van der Waals surface area contributed by atoms with E-state index in [0.717, 1.165) is 30.8 Å². The van der Waals surface area contributed by atoms with E-state index < -0.39 is 0 Å². The molecule has 0 atom stereocenters. The molecule has 0 aliphatic heterocycles. The summed E-state index contributed by atoms with van der Waals surface area (Å²) < 4.78 is 0. The van der Waals surface area contributed by atoms with E-state index in [2.05, 4.69) is 25.8 Å². The number of rotatable bonds is 7. The third-order valence-corrected chi connectivity index (χ3v) is 3.22. The molecule has 2 aromatic rings. The molecule has 0 spiro atoms. The second-order valence-corrected chi connectivity index (χ2v) is 4.84. The minimum atomic E-state index is -0.137. The van der Waals surface area contributed by atoms with E-state index >= 15 is 0 Å². The molecule has 6 nitrogen and oxygen atoms in total. The average Bonchev–Trinajstić information content (AvgIpc) is 2.90. The number of carbonyl (C=O) groups excluding carboxylic acids is 1. The second kappa shape index (κ2) is 7.42. The van der Waals surface area contributed by atoms with Crippen LogP contribution in [0.1, 0.15) is 35.1 Å². The van der Waals surface area contributed by atoms with Crippen LogP contribution in [0.3, 0.4) is 0 Å². The monoisotopic (exact) mass is 287 g/mol. The molecule has 112 valence electrons. The molecule has 2 aromatic heterocycles.